The molecule has 0 aliphatic rings. The third-order valence-corrected chi connectivity index (χ3v) is 4.08. The molecule has 0 unspecified atom stereocenters. The van der Waals surface area contributed by atoms with Crippen molar-refractivity contribution in [3.63, 3.8) is 0 Å². The highest BCUT2D eigenvalue weighted by Gasteiger charge is 2.21. The third kappa shape index (κ3) is 4.59. The van der Waals surface area contributed by atoms with Crippen molar-refractivity contribution in [1.82, 2.24) is 14.8 Å². The molecule has 2 rings (SSSR count). The van der Waals surface area contributed by atoms with Crippen molar-refractivity contribution in [2.75, 3.05) is 6.61 Å². The maximum atomic E-state index is 11.7. The first-order valence-electron chi connectivity index (χ1n) is 7.07. The number of hydrogen-bond acceptors (Lipinski definition) is 7. The molecule has 0 aliphatic carbocycles. The zero-order valence-electron chi connectivity index (χ0n) is 12.9. The van der Waals surface area contributed by atoms with Gasteiger partial charge in [0.05, 0.1) is 24.7 Å². The number of esters is 1. The molecule has 124 valence electrons. The molecule has 9 heteroatoms. The lowest BCUT2D eigenvalue weighted by Gasteiger charge is -2.10. The Morgan fingerprint density at radius 1 is 1.48 bits per heavy atom. The number of primary amides is 1. The fourth-order valence-electron chi connectivity index (χ4n) is 1.81. The van der Waals surface area contributed by atoms with Gasteiger partial charge in [0.25, 0.3) is 0 Å². The largest absolute Gasteiger partial charge is 0.467 e. The molecule has 8 nitrogen and oxygen atoms in total. The van der Waals surface area contributed by atoms with E-state index in [2.05, 4.69) is 10.2 Å². The van der Waals surface area contributed by atoms with Gasteiger partial charge in [-0.05, 0) is 26.0 Å². The average Bonchev–Trinajstić information content (AvgIpc) is 3.12. The smallest absolute Gasteiger partial charge is 0.313 e. The number of carbonyl (C=O) groups excluding carboxylic acids is 2. The van der Waals surface area contributed by atoms with Crippen molar-refractivity contribution in [3.8, 4) is 0 Å². The molecule has 2 N–H and O–H groups in total. The van der Waals surface area contributed by atoms with Crippen LogP contribution in [0.4, 0.5) is 0 Å². The van der Waals surface area contributed by atoms with Crippen LogP contribution in [-0.4, -0.2) is 38.5 Å². The first kappa shape index (κ1) is 17.1. The molecule has 0 radical (unpaired) electrons. The van der Waals surface area contributed by atoms with E-state index in [0.29, 0.717) is 29.9 Å². The highest BCUT2D eigenvalue weighted by atomic mass is 32.2. The molecule has 0 aliphatic heterocycles. The number of hydrogen-bond donors (Lipinski definition) is 1. The van der Waals surface area contributed by atoms with Crippen LogP contribution >= 0.6 is 11.8 Å². The summed E-state index contributed by atoms with van der Waals surface area (Å²) in [7, 11) is 0. The summed E-state index contributed by atoms with van der Waals surface area (Å²) in [5.41, 5.74) is 5.29. The van der Waals surface area contributed by atoms with Gasteiger partial charge in [-0.2, -0.15) is 0 Å². The molecular formula is C14H18N4O4S. The zero-order valence-corrected chi connectivity index (χ0v) is 13.7. The molecule has 23 heavy (non-hydrogen) atoms. The van der Waals surface area contributed by atoms with E-state index >= 15 is 0 Å². The number of nitrogens with zero attached hydrogens (tertiary/aromatic N) is 3. The van der Waals surface area contributed by atoms with Crippen LogP contribution in [0.15, 0.2) is 28.0 Å². The summed E-state index contributed by atoms with van der Waals surface area (Å²) in [5.74, 6) is 0.289. The van der Waals surface area contributed by atoms with E-state index in [4.69, 9.17) is 14.9 Å². The molecule has 2 aromatic rings. The van der Waals surface area contributed by atoms with Gasteiger partial charge in [0.15, 0.2) is 5.16 Å². The van der Waals surface area contributed by atoms with Crippen LogP contribution < -0.4 is 5.73 Å². The number of aromatic nitrogens is 3. The van der Waals surface area contributed by atoms with Crippen molar-refractivity contribution < 1.29 is 18.7 Å². The minimum Gasteiger partial charge on any atom is -0.467 e. The molecule has 1 amide bonds. The van der Waals surface area contributed by atoms with Crippen LogP contribution in [0.25, 0.3) is 0 Å². The van der Waals surface area contributed by atoms with E-state index in [1.54, 1.807) is 36.8 Å². The van der Waals surface area contributed by atoms with Gasteiger partial charge in [0, 0.05) is 0 Å². The number of furan rings is 1. The second-order valence-electron chi connectivity index (χ2n) is 4.71. The minimum atomic E-state index is -0.468. The van der Waals surface area contributed by atoms with Gasteiger partial charge in [-0.15, -0.1) is 10.2 Å². The first-order chi connectivity index (χ1) is 11.0. The fraction of sp³-hybridized carbons (Fsp3) is 0.429. The maximum absolute atomic E-state index is 11.7. The highest BCUT2D eigenvalue weighted by molar-refractivity contribution is 8.00. The van der Waals surface area contributed by atoms with Crippen molar-refractivity contribution >= 4 is 23.6 Å². The summed E-state index contributed by atoms with van der Waals surface area (Å²) >= 11 is 1.18. The molecule has 0 saturated carbocycles. The lowest BCUT2D eigenvalue weighted by molar-refractivity contribution is -0.142. The van der Waals surface area contributed by atoms with Gasteiger partial charge in [-0.25, -0.2) is 0 Å². The number of ether oxygens (including phenoxy) is 1. The van der Waals surface area contributed by atoms with Crippen LogP contribution in [-0.2, 0) is 27.3 Å². The molecule has 0 spiro atoms. The number of rotatable bonds is 8. The Hall–Kier alpha value is -2.29. The second kappa shape index (κ2) is 7.82. The first-order valence-corrected chi connectivity index (χ1v) is 7.95. The topological polar surface area (TPSA) is 113 Å². The SMILES string of the molecule is CCOC(=O)Cc1nnc(S[C@H](C)C(N)=O)n1Cc1ccco1. The average molecular weight is 338 g/mol. The summed E-state index contributed by atoms with van der Waals surface area (Å²) in [4.78, 5) is 23.0. The van der Waals surface area contributed by atoms with Crippen LogP contribution in [0, 0.1) is 0 Å². The van der Waals surface area contributed by atoms with Gasteiger partial charge in [0.1, 0.15) is 18.0 Å². The summed E-state index contributed by atoms with van der Waals surface area (Å²) in [5, 5.41) is 8.10. The van der Waals surface area contributed by atoms with Gasteiger partial charge in [0.2, 0.25) is 5.91 Å². The van der Waals surface area contributed by atoms with Gasteiger partial charge < -0.3 is 14.9 Å². The van der Waals surface area contributed by atoms with Crippen LogP contribution in [0.5, 0.6) is 0 Å². The van der Waals surface area contributed by atoms with Crippen LogP contribution in [0.3, 0.4) is 0 Å². The summed E-state index contributed by atoms with van der Waals surface area (Å²) < 4.78 is 12.0. The van der Waals surface area contributed by atoms with E-state index < -0.39 is 11.2 Å². The molecule has 2 aromatic heterocycles. The lowest BCUT2D eigenvalue weighted by atomic mass is 10.4. The molecule has 0 fully saturated rings. The Labute approximate surface area is 137 Å². The molecule has 0 bridgehead atoms. The van der Waals surface area contributed by atoms with E-state index in [0.717, 1.165) is 0 Å². The Kier molecular flexibility index (Phi) is 5.80. The van der Waals surface area contributed by atoms with Crippen molar-refractivity contribution in [1.29, 1.82) is 0 Å². The lowest BCUT2D eigenvalue weighted by Crippen LogP contribution is -2.23. The molecule has 1 atom stereocenters. The van der Waals surface area contributed by atoms with Gasteiger partial charge in [-0.1, -0.05) is 11.8 Å². The normalized spacial score (nSPS) is 12.1. The Bertz CT molecular complexity index is 668. The standard InChI is InChI=1S/C14H18N4O4S/c1-3-21-12(19)7-11-16-17-14(23-9(2)13(15)20)18(11)8-10-5-4-6-22-10/h4-6,9H,3,7-8H2,1-2H3,(H2,15,20)/t9-/m1/s1. The quantitative estimate of drug-likeness (QED) is 0.564. The van der Waals surface area contributed by atoms with Gasteiger partial charge in [-0.3, -0.25) is 14.2 Å². The number of amides is 1. The third-order valence-electron chi connectivity index (χ3n) is 2.98. The Balaban J connectivity index is 2.25. The van der Waals surface area contributed by atoms with Crippen LogP contribution in [0.1, 0.15) is 25.4 Å². The van der Waals surface area contributed by atoms with Gasteiger partial charge >= 0.3 is 5.97 Å². The second-order valence-corrected chi connectivity index (χ2v) is 6.02. The summed E-state index contributed by atoms with van der Waals surface area (Å²) in [6, 6.07) is 3.57. The van der Waals surface area contributed by atoms with E-state index in [-0.39, 0.29) is 12.4 Å². The highest BCUT2D eigenvalue weighted by Crippen LogP contribution is 2.23. The van der Waals surface area contributed by atoms with E-state index in [1.165, 1.54) is 11.8 Å². The molecule has 2 heterocycles. The summed E-state index contributed by atoms with van der Waals surface area (Å²) in [6.45, 7) is 4.07. The van der Waals surface area contributed by atoms with Crippen molar-refractivity contribution in [2.45, 2.75) is 37.2 Å². The summed E-state index contributed by atoms with van der Waals surface area (Å²) in [6.07, 6.45) is 1.55. The molecule has 0 aromatic carbocycles. The molecular weight excluding hydrogens is 320 g/mol. The van der Waals surface area contributed by atoms with Crippen molar-refractivity contribution in [2.24, 2.45) is 5.73 Å². The maximum Gasteiger partial charge on any atom is 0.313 e. The number of nitrogens with two attached hydrogens (primary N) is 1. The van der Waals surface area contributed by atoms with Crippen molar-refractivity contribution in [3.05, 3.63) is 30.0 Å². The zero-order chi connectivity index (χ0) is 16.8. The Morgan fingerprint density at radius 3 is 2.87 bits per heavy atom. The number of carbonyl (C=O) groups is 2. The fourth-order valence-corrected chi connectivity index (χ4v) is 2.63. The molecule has 0 saturated heterocycles. The van der Waals surface area contributed by atoms with E-state index in [1.807, 2.05) is 0 Å². The predicted molar refractivity (Wildman–Crippen MR) is 82.7 cm³/mol. The Morgan fingerprint density at radius 2 is 2.26 bits per heavy atom. The minimum absolute atomic E-state index is 0.00688. The van der Waals surface area contributed by atoms with E-state index in [9.17, 15) is 9.59 Å². The predicted octanol–water partition coefficient (Wildman–Crippen LogP) is 0.991. The monoisotopic (exact) mass is 338 g/mol. The number of thioether (sulfide) groups is 1. The van der Waals surface area contributed by atoms with Crippen LogP contribution in [0.2, 0.25) is 0 Å².